The summed E-state index contributed by atoms with van der Waals surface area (Å²) >= 11 is 0. The maximum atomic E-state index is 12.8. The van der Waals surface area contributed by atoms with Crippen LogP contribution < -0.4 is 4.31 Å². The summed E-state index contributed by atoms with van der Waals surface area (Å²) in [5.41, 5.74) is 2.41. The minimum Gasteiger partial charge on any atom is -0.508 e. The number of sulfonamides is 1. The van der Waals surface area contributed by atoms with Crippen molar-refractivity contribution in [2.45, 2.75) is 25.2 Å². The lowest BCUT2D eigenvalue weighted by atomic mass is 9.89. The van der Waals surface area contributed by atoms with Gasteiger partial charge < -0.3 is 10.0 Å². The van der Waals surface area contributed by atoms with E-state index in [1.54, 1.807) is 36.4 Å². The highest BCUT2D eigenvalue weighted by Crippen LogP contribution is 2.30. The molecule has 2 saturated heterocycles. The van der Waals surface area contributed by atoms with Crippen LogP contribution in [0.25, 0.3) is 0 Å². The topological polar surface area (TPSA) is 77.9 Å². The molecule has 2 aliphatic rings. The van der Waals surface area contributed by atoms with E-state index < -0.39 is 10.0 Å². The van der Waals surface area contributed by atoms with Gasteiger partial charge >= 0.3 is 0 Å². The van der Waals surface area contributed by atoms with Crippen molar-refractivity contribution >= 4 is 21.6 Å². The van der Waals surface area contributed by atoms with Gasteiger partial charge in [0.2, 0.25) is 10.0 Å². The summed E-state index contributed by atoms with van der Waals surface area (Å²) in [5.74, 6) is 0.831. The third-order valence-electron chi connectivity index (χ3n) is 5.65. The molecule has 2 aromatic carbocycles. The van der Waals surface area contributed by atoms with E-state index >= 15 is 0 Å². The van der Waals surface area contributed by atoms with Gasteiger partial charge in [0.25, 0.3) is 5.91 Å². The molecule has 0 atom stereocenters. The number of carbonyl (C=O) groups excluding carboxylic acids is 1. The van der Waals surface area contributed by atoms with Gasteiger partial charge in [-0.2, -0.15) is 0 Å². The molecule has 0 bridgehead atoms. The normalized spacial score (nSPS) is 19.7. The van der Waals surface area contributed by atoms with Crippen LogP contribution in [-0.4, -0.2) is 49.7 Å². The number of amides is 1. The monoisotopic (exact) mass is 400 g/mol. The molecule has 6 nitrogen and oxygen atoms in total. The SMILES string of the molecule is O=C(c1ccc(N2CCCS2(=O)=O)cc1)N1CCC(c2ccc(O)cc2)CC1. The van der Waals surface area contributed by atoms with Crippen LogP contribution in [-0.2, 0) is 10.0 Å². The number of aromatic hydroxyl groups is 1. The molecule has 4 rings (SSSR count). The zero-order valence-electron chi connectivity index (χ0n) is 15.6. The molecule has 1 amide bonds. The van der Waals surface area contributed by atoms with Gasteiger partial charge in [-0.3, -0.25) is 9.10 Å². The summed E-state index contributed by atoms with van der Waals surface area (Å²) < 4.78 is 25.5. The molecule has 0 radical (unpaired) electrons. The fraction of sp³-hybridized carbons (Fsp3) is 0.381. The third-order valence-corrected chi connectivity index (χ3v) is 7.52. The molecule has 28 heavy (non-hydrogen) atoms. The van der Waals surface area contributed by atoms with E-state index in [1.165, 1.54) is 9.87 Å². The first-order valence-corrected chi connectivity index (χ1v) is 11.2. The second kappa shape index (κ2) is 7.47. The first kappa shape index (κ1) is 18.8. The smallest absolute Gasteiger partial charge is 0.253 e. The van der Waals surface area contributed by atoms with Crippen LogP contribution in [0.5, 0.6) is 5.75 Å². The van der Waals surface area contributed by atoms with Crippen molar-refractivity contribution in [2.24, 2.45) is 0 Å². The van der Waals surface area contributed by atoms with Gasteiger partial charge in [-0.05, 0) is 67.1 Å². The van der Waals surface area contributed by atoms with Gasteiger partial charge in [-0.1, -0.05) is 12.1 Å². The first-order chi connectivity index (χ1) is 13.4. The fourth-order valence-corrected chi connectivity index (χ4v) is 5.61. The average molecular weight is 401 g/mol. The molecule has 0 unspecified atom stereocenters. The summed E-state index contributed by atoms with van der Waals surface area (Å²) in [6.45, 7) is 1.87. The molecule has 148 valence electrons. The van der Waals surface area contributed by atoms with Crippen molar-refractivity contribution in [2.75, 3.05) is 29.7 Å². The van der Waals surface area contributed by atoms with E-state index in [0.29, 0.717) is 43.2 Å². The molecule has 0 spiro atoms. The second-order valence-electron chi connectivity index (χ2n) is 7.45. The highest BCUT2D eigenvalue weighted by molar-refractivity contribution is 7.93. The number of nitrogens with zero attached hydrogens (tertiary/aromatic N) is 2. The van der Waals surface area contributed by atoms with E-state index in [9.17, 15) is 18.3 Å². The van der Waals surface area contributed by atoms with Gasteiger partial charge in [0.15, 0.2) is 0 Å². The zero-order valence-corrected chi connectivity index (χ0v) is 16.4. The Bertz CT molecular complexity index is 947. The first-order valence-electron chi connectivity index (χ1n) is 9.63. The minimum absolute atomic E-state index is 0.0139. The summed E-state index contributed by atoms with van der Waals surface area (Å²) in [7, 11) is -3.21. The Morgan fingerprint density at radius 2 is 1.57 bits per heavy atom. The third kappa shape index (κ3) is 3.71. The molecule has 7 heteroatoms. The highest BCUT2D eigenvalue weighted by Gasteiger charge is 2.29. The quantitative estimate of drug-likeness (QED) is 0.859. The molecule has 0 aromatic heterocycles. The van der Waals surface area contributed by atoms with E-state index in [2.05, 4.69) is 0 Å². The number of anilines is 1. The van der Waals surface area contributed by atoms with Crippen molar-refractivity contribution < 1.29 is 18.3 Å². The van der Waals surface area contributed by atoms with Gasteiger partial charge in [0, 0.05) is 25.2 Å². The van der Waals surface area contributed by atoms with Crippen LogP contribution in [0, 0.1) is 0 Å². The Morgan fingerprint density at radius 1 is 0.929 bits per heavy atom. The maximum absolute atomic E-state index is 12.8. The van der Waals surface area contributed by atoms with Crippen molar-refractivity contribution in [3.63, 3.8) is 0 Å². The summed E-state index contributed by atoms with van der Waals surface area (Å²) in [5, 5.41) is 9.42. The number of likely N-dealkylation sites (tertiary alicyclic amines) is 1. The Kier molecular flexibility index (Phi) is 5.02. The minimum atomic E-state index is -3.21. The van der Waals surface area contributed by atoms with E-state index in [1.807, 2.05) is 17.0 Å². The van der Waals surface area contributed by atoms with Crippen molar-refractivity contribution in [3.05, 3.63) is 59.7 Å². The number of piperidine rings is 1. The zero-order chi connectivity index (χ0) is 19.7. The molecule has 2 heterocycles. The highest BCUT2D eigenvalue weighted by atomic mass is 32.2. The number of hydrogen-bond acceptors (Lipinski definition) is 4. The lowest BCUT2D eigenvalue weighted by Gasteiger charge is -2.32. The van der Waals surface area contributed by atoms with Gasteiger partial charge in [0.1, 0.15) is 5.75 Å². The number of phenolic OH excluding ortho intramolecular Hbond substituents is 1. The predicted molar refractivity (Wildman–Crippen MR) is 108 cm³/mol. The van der Waals surface area contributed by atoms with Crippen molar-refractivity contribution in [1.29, 1.82) is 0 Å². The van der Waals surface area contributed by atoms with Gasteiger partial charge in [-0.25, -0.2) is 8.42 Å². The van der Waals surface area contributed by atoms with E-state index in [4.69, 9.17) is 0 Å². The summed E-state index contributed by atoms with van der Waals surface area (Å²) in [4.78, 5) is 14.7. The van der Waals surface area contributed by atoms with Gasteiger partial charge in [0.05, 0.1) is 11.4 Å². The number of hydrogen-bond donors (Lipinski definition) is 1. The fourth-order valence-electron chi connectivity index (χ4n) is 4.04. The Labute approximate surface area is 165 Å². The van der Waals surface area contributed by atoms with Crippen molar-refractivity contribution in [1.82, 2.24) is 4.90 Å². The molecular formula is C21H24N2O4S. The number of phenols is 1. The van der Waals surface area contributed by atoms with E-state index in [0.717, 1.165) is 12.8 Å². The van der Waals surface area contributed by atoms with E-state index in [-0.39, 0.29) is 17.4 Å². The number of benzene rings is 2. The lowest BCUT2D eigenvalue weighted by Crippen LogP contribution is -2.37. The molecule has 2 fully saturated rings. The van der Waals surface area contributed by atoms with Gasteiger partial charge in [-0.15, -0.1) is 0 Å². The molecule has 2 aliphatic heterocycles. The predicted octanol–water partition coefficient (Wildman–Crippen LogP) is 2.95. The number of carbonyl (C=O) groups is 1. The number of rotatable bonds is 3. The Balaban J connectivity index is 1.39. The largest absolute Gasteiger partial charge is 0.508 e. The second-order valence-corrected chi connectivity index (χ2v) is 9.46. The average Bonchev–Trinajstić information content (AvgIpc) is 3.07. The van der Waals surface area contributed by atoms with Crippen LogP contribution in [0.3, 0.4) is 0 Å². The summed E-state index contributed by atoms with van der Waals surface area (Å²) in [6.07, 6.45) is 2.42. The standard InChI is InChI=1S/C21H24N2O4S/c24-20-8-4-16(5-9-20)17-10-13-22(14-11-17)21(25)18-2-6-19(7-3-18)23-12-1-15-28(23,26)27/h2-9,17,24H,1,10-15H2. The Hall–Kier alpha value is -2.54. The molecule has 0 aliphatic carbocycles. The molecular weight excluding hydrogens is 376 g/mol. The van der Waals surface area contributed by atoms with Crippen LogP contribution in [0.1, 0.15) is 41.1 Å². The molecule has 0 saturated carbocycles. The molecule has 1 N–H and O–H groups in total. The summed E-state index contributed by atoms with van der Waals surface area (Å²) in [6, 6.07) is 14.2. The van der Waals surface area contributed by atoms with Crippen LogP contribution in [0.4, 0.5) is 5.69 Å². The lowest BCUT2D eigenvalue weighted by molar-refractivity contribution is 0.0713. The Morgan fingerprint density at radius 3 is 2.14 bits per heavy atom. The molecule has 2 aromatic rings. The maximum Gasteiger partial charge on any atom is 0.253 e. The van der Waals surface area contributed by atoms with Crippen LogP contribution in [0.15, 0.2) is 48.5 Å². The van der Waals surface area contributed by atoms with Crippen LogP contribution >= 0.6 is 0 Å². The van der Waals surface area contributed by atoms with Crippen LogP contribution in [0.2, 0.25) is 0 Å². The van der Waals surface area contributed by atoms with Crippen molar-refractivity contribution in [3.8, 4) is 5.75 Å².